The van der Waals surface area contributed by atoms with Crippen molar-refractivity contribution in [3.63, 3.8) is 0 Å². The first kappa shape index (κ1) is 26.3. The van der Waals surface area contributed by atoms with Crippen LogP contribution in [0.4, 0.5) is 0 Å². The lowest BCUT2D eigenvalue weighted by atomic mass is 10.2. The fourth-order valence-electron chi connectivity index (χ4n) is 4.67. The number of rotatable bonds is 9. The number of carbonyl (C=O) groups is 1. The Kier molecular flexibility index (Phi) is 7.94. The Balaban J connectivity index is 1.12. The van der Waals surface area contributed by atoms with Gasteiger partial charge in [0.1, 0.15) is 16.5 Å². The van der Waals surface area contributed by atoms with Crippen LogP contribution in [0.1, 0.15) is 21.1 Å². The van der Waals surface area contributed by atoms with Crippen LogP contribution in [0.25, 0.3) is 17.3 Å². The van der Waals surface area contributed by atoms with Crippen molar-refractivity contribution in [1.29, 1.82) is 0 Å². The molecule has 5 aromatic rings. The van der Waals surface area contributed by atoms with Crippen LogP contribution >= 0.6 is 23.1 Å². The molecule has 40 heavy (non-hydrogen) atoms. The van der Waals surface area contributed by atoms with Crippen LogP contribution < -0.4 is 4.74 Å². The number of nitrogens with zero attached hydrogens (tertiary/aromatic N) is 6. The molecule has 0 unspecified atom stereocenters. The first-order chi connectivity index (χ1) is 19.7. The van der Waals surface area contributed by atoms with Gasteiger partial charge in [0, 0.05) is 38.1 Å². The lowest BCUT2D eigenvalue weighted by Gasteiger charge is -2.34. The number of amides is 1. The van der Waals surface area contributed by atoms with Gasteiger partial charge in [0.25, 0.3) is 5.91 Å². The first-order valence-corrected chi connectivity index (χ1v) is 14.8. The molecule has 0 spiro atoms. The third-order valence-electron chi connectivity index (χ3n) is 6.71. The Bertz CT molecular complexity index is 1560. The maximum Gasteiger partial charge on any atom is 0.273 e. The highest BCUT2D eigenvalue weighted by atomic mass is 32.2. The number of piperazine rings is 1. The SMILES string of the molecule is COc1ccccc1-n1c(SCc2nc(C(=O)N3CCN(Cc4ccccc4)CC3)cs2)nnc1-c1ccco1. The molecule has 0 N–H and O–H groups in total. The van der Waals surface area contributed by atoms with Crippen molar-refractivity contribution in [3.8, 4) is 23.0 Å². The summed E-state index contributed by atoms with van der Waals surface area (Å²) < 4.78 is 13.2. The van der Waals surface area contributed by atoms with Crippen LogP contribution in [0.15, 0.2) is 87.9 Å². The van der Waals surface area contributed by atoms with Crippen LogP contribution in [0.2, 0.25) is 0 Å². The molecule has 1 saturated heterocycles. The number of thioether (sulfide) groups is 1. The molecule has 204 valence electrons. The fraction of sp³-hybridized carbons (Fsp3) is 0.241. The number of hydrogen-bond acceptors (Lipinski definition) is 9. The van der Waals surface area contributed by atoms with E-state index in [0.29, 0.717) is 47.0 Å². The lowest BCUT2D eigenvalue weighted by molar-refractivity contribution is 0.0623. The van der Waals surface area contributed by atoms with E-state index in [1.807, 2.05) is 57.3 Å². The standard InChI is InChI=1S/C29H28N6O3S2/c1-37-24-11-6-5-10-23(24)35-27(25-12-7-17-38-25)31-32-29(35)40-20-26-30-22(19-39-26)28(36)34-15-13-33(14-16-34)18-21-8-3-2-4-9-21/h2-12,17,19H,13-16,18,20H2,1H3. The second-order valence-electron chi connectivity index (χ2n) is 9.26. The second kappa shape index (κ2) is 12.1. The Morgan fingerprint density at radius 3 is 2.58 bits per heavy atom. The molecule has 2 aromatic carbocycles. The van der Waals surface area contributed by atoms with Gasteiger partial charge in [-0.25, -0.2) is 4.98 Å². The zero-order valence-electron chi connectivity index (χ0n) is 22.0. The summed E-state index contributed by atoms with van der Waals surface area (Å²) in [6, 6.07) is 21.8. The van der Waals surface area contributed by atoms with Crippen LogP contribution in [-0.2, 0) is 12.3 Å². The average molecular weight is 573 g/mol. The molecular weight excluding hydrogens is 544 g/mol. The maximum absolute atomic E-state index is 13.2. The van der Waals surface area contributed by atoms with E-state index in [9.17, 15) is 4.79 Å². The molecule has 4 heterocycles. The molecule has 0 bridgehead atoms. The summed E-state index contributed by atoms with van der Waals surface area (Å²) in [6.07, 6.45) is 1.61. The van der Waals surface area contributed by atoms with Gasteiger partial charge < -0.3 is 14.1 Å². The van der Waals surface area contributed by atoms with Gasteiger partial charge in [-0.3, -0.25) is 14.3 Å². The van der Waals surface area contributed by atoms with E-state index >= 15 is 0 Å². The molecule has 0 atom stereocenters. The maximum atomic E-state index is 13.2. The highest BCUT2D eigenvalue weighted by molar-refractivity contribution is 7.98. The van der Waals surface area contributed by atoms with Crippen LogP contribution in [-0.4, -0.2) is 68.7 Å². The van der Waals surface area contributed by atoms with E-state index in [0.717, 1.165) is 30.3 Å². The van der Waals surface area contributed by atoms with Gasteiger partial charge in [-0.2, -0.15) is 0 Å². The third-order valence-corrected chi connectivity index (χ3v) is 8.68. The normalized spacial score (nSPS) is 14.0. The van der Waals surface area contributed by atoms with Crippen molar-refractivity contribution in [2.45, 2.75) is 17.5 Å². The Morgan fingerprint density at radius 1 is 1.00 bits per heavy atom. The molecule has 3 aromatic heterocycles. The van der Waals surface area contributed by atoms with Gasteiger partial charge in [-0.05, 0) is 29.8 Å². The van der Waals surface area contributed by atoms with Crippen molar-refractivity contribution < 1.29 is 13.9 Å². The summed E-state index contributed by atoms with van der Waals surface area (Å²) >= 11 is 2.99. The second-order valence-corrected chi connectivity index (χ2v) is 11.1. The van der Waals surface area contributed by atoms with Gasteiger partial charge >= 0.3 is 0 Å². The highest BCUT2D eigenvalue weighted by Crippen LogP contribution is 2.34. The number of ether oxygens (including phenoxy) is 1. The Hall–Kier alpha value is -3.93. The van der Waals surface area contributed by atoms with E-state index in [2.05, 4.69) is 44.3 Å². The summed E-state index contributed by atoms with van der Waals surface area (Å²) in [5.41, 5.74) is 2.60. The van der Waals surface area contributed by atoms with Crippen LogP contribution in [0.5, 0.6) is 5.75 Å². The molecule has 1 amide bonds. The number of hydrogen-bond donors (Lipinski definition) is 0. The van der Waals surface area contributed by atoms with Crippen LogP contribution in [0, 0.1) is 0 Å². The van der Waals surface area contributed by atoms with E-state index in [-0.39, 0.29) is 5.91 Å². The number of furan rings is 1. The van der Waals surface area contributed by atoms with Gasteiger partial charge in [0.2, 0.25) is 5.82 Å². The van der Waals surface area contributed by atoms with E-state index in [4.69, 9.17) is 9.15 Å². The number of carbonyl (C=O) groups excluding carboxylic acids is 1. The molecule has 0 radical (unpaired) electrons. The molecule has 0 saturated carbocycles. The number of para-hydroxylation sites is 2. The number of methoxy groups -OCH3 is 1. The van der Waals surface area contributed by atoms with E-state index in [1.54, 1.807) is 13.4 Å². The summed E-state index contributed by atoms with van der Waals surface area (Å²) in [7, 11) is 1.64. The molecule has 1 aliphatic heterocycles. The van der Waals surface area contributed by atoms with Gasteiger partial charge in [0.05, 0.1) is 24.8 Å². The number of thiazole rings is 1. The monoisotopic (exact) mass is 572 g/mol. The summed E-state index contributed by atoms with van der Waals surface area (Å²) in [6.45, 7) is 4.01. The lowest BCUT2D eigenvalue weighted by Crippen LogP contribution is -2.48. The smallest absolute Gasteiger partial charge is 0.273 e. The van der Waals surface area contributed by atoms with Gasteiger partial charge in [-0.15, -0.1) is 21.5 Å². The minimum Gasteiger partial charge on any atom is -0.495 e. The van der Waals surface area contributed by atoms with Crippen molar-refractivity contribution in [2.24, 2.45) is 0 Å². The zero-order valence-corrected chi connectivity index (χ0v) is 23.6. The summed E-state index contributed by atoms with van der Waals surface area (Å²) in [4.78, 5) is 22.2. The van der Waals surface area contributed by atoms with E-state index < -0.39 is 0 Å². The van der Waals surface area contributed by atoms with Gasteiger partial charge in [0.15, 0.2) is 10.9 Å². The topological polar surface area (TPSA) is 89.5 Å². The number of benzene rings is 2. The molecule has 6 rings (SSSR count). The summed E-state index contributed by atoms with van der Waals surface area (Å²) in [5.74, 6) is 2.43. The van der Waals surface area contributed by atoms with Crippen LogP contribution in [0.3, 0.4) is 0 Å². The third kappa shape index (κ3) is 5.67. The van der Waals surface area contributed by atoms with Gasteiger partial charge in [-0.1, -0.05) is 54.2 Å². The Morgan fingerprint density at radius 2 is 1.80 bits per heavy atom. The van der Waals surface area contributed by atoms with Crippen molar-refractivity contribution in [3.05, 3.63) is 94.6 Å². The largest absolute Gasteiger partial charge is 0.495 e. The predicted octanol–water partition coefficient (Wildman–Crippen LogP) is 5.24. The highest BCUT2D eigenvalue weighted by Gasteiger charge is 2.25. The van der Waals surface area contributed by atoms with Crippen molar-refractivity contribution in [2.75, 3.05) is 33.3 Å². The molecule has 1 fully saturated rings. The molecule has 1 aliphatic rings. The molecule has 11 heteroatoms. The molecule has 9 nitrogen and oxygen atoms in total. The van der Waals surface area contributed by atoms with E-state index in [1.165, 1.54) is 28.7 Å². The average Bonchev–Trinajstić information content (AvgIpc) is 3.78. The van der Waals surface area contributed by atoms with Crippen molar-refractivity contribution >= 4 is 29.0 Å². The minimum atomic E-state index is -0.0100. The first-order valence-electron chi connectivity index (χ1n) is 12.9. The number of aromatic nitrogens is 4. The fourth-order valence-corrected chi connectivity index (χ4v) is 6.41. The quantitative estimate of drug-likeness (QED) is 0.222. The predicted molar refractivity (Wildman–Crippen MR) is 155 cm³/mol. The minimum absolute atomic E-state index is 0.0100. The zero-order chi connectivity index (χ0) is 27.3. The van der Waals surface area contributed by atoms with Crippen molar-refractivity contribution in [1.82, 2.24) is 29.5 Å². The molecular formula is C29H28N6O3S2. The Labute approximate surface area is 240 Å². The molecule has 0 aliphatic carbocycles. The summed E-state index contributed by atoms with van der Waals surface area (Å²) in [5, 5.41) is 12.2.